The van der Waals surface area contributed by atoms with Gasteiger partial charge in [0.25, 0.3) is 0 Å². The number of primary amides is 1. The fourth-order valence-electron chi connectivity index (χ4n) is 3.42. The molecule has 23 heavy (non-hydrogen) atoms. The monoisotopic (exact) mass is 311 g/mol. The molecule has 2 aromatic carbocycles. The van der Waals surface area contributed by atoms with Crippen molar-refractivity contribution in [1.29, 1.82) is 0 Å². The zero-order chi connectivity index (χ0) is 16.2. The average molecular weight is 311 g/mol. The maximum absolute atomic E-state index is 11.8. The smallest absolute Gasteiger partial charge is 0.318 e. The molecule has 120 valence electrons. The maximum atomic E-state index is 11.8. The number of imide groups is 1. The number of fused-ring (bicyclic) bond motifs is 1. The van der Waals surface area contributed by atoms with Crippen molar-refractivity contribution >= 4 is 22.7 Å². The predicted octanol–water partition coefficient (Wildman–Crippen LogP) is 2.04. The lowest BCUT2D eigenvalue weighted by atomic mass is 9.98. The summed E-state index contributed by atoms with van der Waals surface area (Å²) in [6.45, 7) is 1.10. The van der Waals surface area contributed by atoms with Crippen LogP contribution in [0.2, 0.25) is 0 Å². The number of carbonyl (C=O) groups excluding carboxylic acids is 2. The zero-order valence-electron chi connectivity index (χ0n) is 13.0. The standard InChI is InChI=1S/C18H21N3O2/c19-18(23)20-17(22)12-21-10-4-8-15(21)11-14-7-3-6-13-5-1-2-9-16(13)14/h1-3,5-7,9,15H,4,8,10-12H2,(H3,19,20,22,23). The molecular weight excluding hydrogens is 290 g/mol. The van der Waals surface area contributed by atoms with Crippen LogP contribution in [0, 0.1) is 0 Å². The Bertz CT molecular complexity index is 724. The van der Waals surface area contributed by atoms with Gasteiger partial charge in [0.2, 0.25) is 5.91 Å². The summed E-state index contributed by atoms with van der Waals surface area (Å²) in [5.41, 5.74) is 6.30. The van der Waals surface area contributed by atoms with E-state index in [2.05, 4.69) is 46.6 Å². The average Bonchev–Trinajstić information content (AvgIpc) is 2.94. The lowest BCUT2D eigenvalue weighted by molar-refractivity contribution is -0.121. The highest BCUT2D eigenvalue weighted by Gasteiger charge is 2.27. The fourth-order valence-corrected chi connectivity index (χ4v) is 3.42. The van der Waals surface area contributed by atoms with E-state index in [4.69, 9.17) is 5.73 Å². The number of nitrogens with two attached hydrogens (primary N) is 1. The summed E-state index contributed by atoms with van der Waals surface area (Å²) in [7, 11) is 0. The zero-order valence-corrected chi connectivity index (χ0v) is 13.0. The SMILES string of the molecule is NC(=O)NC(=O)CN1CCCC1Cc1cccc2ccccc12. The van der Waals surface area contributed by atoms with Crippen molar-refractivity contribution in [2.45, 2.75) is 25.3 Å². The number of nitrogens with one attached hydrogen (secondary N) is 1. The molecule has 3 amide bonds. The Morgan fingerprint density at radius 3 is 2.78 bits per heavy atom. The van der Waals surface area contributed by atoms with Crippen LogP contribution in [0.25, 0.3) is 10.8 Å². The molecular formula is C18H21N3O2. The Kier molecular flexibility index (Phi) is 4.57. The maximum Gasteiger partial charge on any atom is 0.318 e. The number of nitrogens with zero attached hydrogens (tertiary/aromatic N) is 1. The van der Waals surface area contributed by atoms with Crippen LogP contribution in [0.1, 0.15) is 18.4 Å². The quantitative estimate of drug-likeness (QED) is 0.907. The molecule has 5 nitrogen and oxygen atoms in total. The summed E-state index contributed by atoms with van der Waals surface area (Å²) in [4.78, 5) is 24.7. The normalized spacial score (nSPS) is 18.2. The molecule has 3 rings (SSSR count). The molecule has 3 N–H and O–H groups in total. The summed E-state index contributed by atoms with van der Waals surface area (Å²) < 4.78 is 0. The van der Waals surface area contributed by atoms with Gasteiger partial charge in [0.05, 0.1) is 6.54 Å². The molecule has 0 bridgehead atoms. The molecule has 0 radical (unpaired) electrons. The van der Waals surface area contributed by atoms with Gasteiger partial charge in [-0.1, -0.05) is 42.5 Å². The number of benzene rings is 2. The van der Waals surface area contributed by atoms with E-state index in [1.165, 1.54) is 16.3 Å². The molecule has 0 saturated carbocycles. The number of hydrogen-bond donors (Lipinski definition) is 2. The predicted molar refractivity (Wildman–Crippen MR) is 90.0 cm³/mol. The van der Waals surface area contributed by atoms with Gasteiger partial charge in [-0.25, -0.2) is 4.79 Å². The lowest BCUT2D eigenvalue weighted by Crippen LogP contribution is -2.44. The first kappa shape index (κ1) is 15.5. The molecule has 2 aromatic rings. The van der Waals surface area contributed by atoms with Crippen LogP contribution < -0.4 is 11.1 Å². The third kappa shape index (κ3) is 3.68. The Balaban J connectivity index is 1.73. The number of rotatable bonds is 4. The molecule has 0 aromatic heterocycles. The molecule has 1 aliphatic heterocycles. The number of amides is 3. The highest BCUT2D eigenvalue weighted by atomic mass is 16.2. The van der Waals surface area contributed by atoms with Crippen molar-refractivity contribution in [3.05, 3.63) is 48.0 Å². The molecule has 1 fully saturated rings. The topological polar surface area (TPSA) is 75.4 Å². The number of hydrogen-bond acceptors (Lipinski definition) is 3. The molecule has 1 heterocycles. The highest BCUT2D eigenvalue weighted by molar-refractivity contribution is 5.94. The van der Waals surface area contributed by atoms with Gasteiger partial charge in [0.1, 0.15) is 0 Å². The lowest BCUT2D eigenvalue weighted by Gasteiger charge is -2.24. The van der Waals surface area contributed by atoms with Crippen molar-refractivity contribution in [3.8, 4) is 0 Å². The van der Waals surface area contributed by atoms with Gasteiger partial charge in [-0.3, -0.25) is 15.0 Å². The molecule has 1 unspecified atom stereocenters. The first-order chi connectivity index (χ1) is 11.1. The fraction of sp³-hybridized carbons (Fsp3) is 0.333. The van der Waals surface area contributed by atoms with Crippen LogP contribution in [-0.4, -0.2) is 36.0 Å². The van der Waals surface area contributed by atoms with Crippen LogP contribution in [0.3, 0.4) is 0 Å². The van der Waals surface area contributed by atoms with Gasteiger partial charge >= 0.3 is 6.03 Å². The van der Waals surface area contributed by atoms with Gasteiger partial charge in [0, 0.05) is 6.04 Å². The van der Waals surface area contributed by atoms with E-state index in [9.17, 15) is 9.59 Å². The van der Waals surface area contributed by atoms with Crippen molar-refractivity contribution in [1.82, 2.24) is 10.2 Å². The summed E-state index contributed by atoms with van der Waals surface area (Å²) >= 11 is 0. The van der Waals surface area contributed by atoms with Crippen LogP contribution in [0.4, 0.5) is 4.79 Å². The Morgan fingerprint density at radius 1 is 1.17 bits per heavy atom. The van der Waals surface area contributed by atoms with Gasteiger partial charge in [-0.15, -0.1) is 0 Å². The molecule has 0 aliphatic carbocycles. The summed E-state index contributed by atoms with van der Waals surface area (Å²) in [6, 6.07) is 14.2. The summed E-state index contributed by atoms with van der Waals surface area (Å²) in [5, 5.41) is 4.65. The van der Waals surface area contributed by atoms with E-state index in [1.54, 1.807) is 0 Å². The molecule has 1 atom stereocenters. The molecule has 1 aliphatic rings. The second kappa shape index (κ2) is 6.79. The minimum Gasteiger partial charge on any atom is -0.351 e. The first-order valence-electron chi connectivity index (χ1n) is 7.93. The number of likely N-dealkylation sites (tertiary alicyclic amines) is 1. The third-order valence-corrected chi connectivity index (χ3v) is 4.44. The second-order valence-electron chi connectivity index (χ2n) is 6.02. The number of urea groups is 1. The van der Waals surface area contributed by atoms with Crippen molar-refractivity contribution in [2.24, 2.45) is 5.73 Å². The Labute approximate surface area is 135 Å². The summed E-state index contributed by atoms with van der Waals surface area (Å²) in [5.74, 6) is -0.331. The van der Waals surface area contributed by atoms with Gasteiger partial charge in [-0.2, -0.15) is 0 Å². The van der Waals surface area contributed by atoms with E-state index < -0.39 is 6.03 Å². The van der Waals surface area contributed by atoms with Crippen molar-refractivity contribution < 1.29 is 9.59 Å². The van der Waals surface area contributed by atoms with Gasteiger partial charge in [-0.05, 0) is 42.1 Å². The Hall–Kier alpha value is -2.40. The molecule has 0 spiro atoms. The summed E-state index contributed by atoms with van der Waals surface area (Å²) in [6.07, 6.45) is 3.04. The Morgan fingerprint density at radius 2 is 1.96 bits per heavy atom. The van der Waals surface area contributed by atoms with Crippen LogP contribution in [-0.2, 0) is 11.2 Å². The van der Waals surface area contributed by atoms with E-state index in [0.717, 1.165) is 25.8 Å². The largest absolute Gasteiger partial charge is 0.351 e. The molecule has 1 saturated heterocycles. The van der Waals surface area contributed by atoms with E-state index >= 15 is 0 Å². The van der Waals surface area contributed by atoms with Gasteiger partial charge < -0.3 is 5.73 Å². The third-order valence-electron chi connectivity index (χ3n) is 4.44. The van der Waals surface area contributed by atoms with Crippen LogP contribution in [0.15, 0.2) is 42.5 Å². The first-order valence-corrected chi connectivity index (χ1v) is 7.93. The van der Waals surface area contributed by atoms with Crippen molar-refractivity contribution in [3.63, 3.8) is 0 Å². The van der Waals surface area contributed by atoms with Crippen LogP contribution >= 0.6 is 0 Å². The van der Waals surface area contributed by atoms with E-state index in [-0.39, 0.29) is 12.5 Å². The van der Waals surface area contributed by atoms with E-state index in [0.29, 0.717) is 6.04 Å². The van der Waals surface area contributed by atoms with Crippen molar-refractivity contribution in [2.75, 3.05) is 13.1 Å². The number of carbonyl (C=O) groups is 2. The second-order valence-corrected chi connectivity index (χ2v) is 6.02. The van der Waals surface area contributed by atoms with Gasteiger partial charge in [0.15, 0.2) is 0 Å². The minimum absolute atomic E-state index is 0.221. The van der Waals surface area contributed by atoms with E-state index in [1.807, 2.05) is 6.07 Å². The highest BCUT2D eigenvalue weighted by Crippen LogP contribution is 2.25. The minimum atomic E-state index is -0.792. The molecule has 5 heteroatoms. The van der Waals surface area contributed by atoms with Crippen LogP contribution in [0.5, 0.6) is 0 Å².